The number of carbonyl (C=O) groups excluding carboxylic acids is 1. The number of hydrogen-bond acceptors (Lipinski definition) is 9. The molecule has 1 N–H and O–H groups in total. The number of pyridine rings is 1. The van der Waals surface area contributed by atoms with Gasteiger partial charge < -0.3 is 4.74 Å². The molecule has 1 amide bonds. The number of tetrazole rings is 2. The van der Waals surface area contributed by atoms with Gasteiger partial charge in [-0.05, 0) is 27.8 Å². The van der Waals surface area contributed by atoms with Gasteiger partial charge in [-0.3, -0.25) is 10.1 Å². The Hall–Kier alpha value is -3.49. The normalized spacial score (nSPS) is 11.6. The summed E-state index contributed by atoms with van der Waals surface area (Å²) in [6.45, 7) is -0.512. The molecular weight excluding hydrogens is 385 g/mol. The van der Waals surface area contributed by atoms with E-state index in [1.165, 1.54) is 16.5 Å². The largest absolute Gasteiger partial charge is 0.433 e. The fourth-order valence-corrected chi connectivity index (χ4v) is 2.10. The van der Waals surface area contributed by atoms with E-state index in [9.17, 15) is 18.0 Å². The number of ether oxygens (including phenoxy) is 1. The second-order valence-corrected chi connectivity index (χ2v) is 5.46. The minimum absolute atomic E-state index is 0.0144. The highest BCUT2D eigenvalue weighted by molar-refractivity contribution is 6.04. The van der Waals surface area contributed by atoms with E-state index in [1.807, 2.05) is 0 Å². The van der Waals surface area contributed by atoms with Crippen LogP contribution >= 0.6 is 0 Å². The molecule has 0 aliphatic heterocycles. The fourth-order valence-electron chi connectivity index (χ4n) is 2.10. The van der Waals surface area contributed by atoms with E-state index in [0.29, 0.717) is 6.07 Å². The van der Waals surface area contributed by atoms with Crippen LogP contribution in [-0.2, 0) is 38.2 Å². The molecule has 0 fully saturated rings. The van der Waals surface area contributed by atoms with Gasteiger partial charge in [-0.1, -0.05) is 5.10 Å². The summed E-state index contributed by atoms with van der Waals surface area (Å²) in [5, 5.41) is 24.1. The molecule has 0 aliphatic rings. The van der Waals surface area contributed by atoms with Crippen molar-refractivity contribution in [3.8, 4) is 0 Å². The fraction of sp³-hybridized carbons (Fsp3) is 0.385. The zero-order chi connectivity index (χ0) is 20.3. The number of halogens is 3. The van der Waals surface area contributed by atoms with Crippen LogP contribution in [0.4, 0.5) is 19.1 Å². The first-order chi connectivity index (χ1) is 13.2. The number of anilines is 1. The van der Waals surface area contributed by atoms with E-state index < -0.39 is 17.8 Å². The van der Waals surface area contributed by atoms with Crippen LogP contribution < -0.4 is 5.32 Å². The average Bonchev–Trinajstić information content (AvgIpc) is 3.22. The maximum absolute atomic E-state index is 13.0. The molecule has 0 radical (unpaired) electrons. The van der Waals surface area contributed by atoms with Gasteiger partial charge in [0.1, 0.15) is 12.3 Å². The summed E-state index contributed by atoms with van der Waals surface area (Å²) in [4.78, 5) is 17.2. The lowest BCUT2D eigenvalue weighted by molar-refractivity contribution is -0.141. The average molecular weight is 398 g/mol. The molecule has 0 unspecified atom stereocenters. The number of nitrogens with zero attached hydrogens (tertiary/aromatic N) is 9. The molecule has 0 atom stereocenters. The summed E-state index contributed by atoms with van der Waals surface area (Å²) in [5.41, 5.74) is -1.49. The third-order valence-electron chi connectivity index (χ3n) is 3.37. The standard InChI is InChI=1S/C13H13F3N10O2/c1-25-12(20-22-24-25)18-11(27)7-3-4-9(13(14,15)16)17-8(7)5-28-6-10-19-23-26(2)21-10/h3-4H,5-6H2,1-2H3,(H,18,20,24,27). The zero-order valence-corrected chi connectivity index (χ0v) is 14.5. The number of carbonyl (C=O) groups is 1. The Kier molecular flexibility index (Phi) is 5.25. The maximum Gasteiger partial charge on any atom is 0.433 e. The van der Waals surface area contributed by atoms with E-state index in [1.54, 1.807) is 7.05 Å². The van der Waals surface area contributed by atoms with Gasteiger partial charge in [-0.25, -0.2) is 9.67 Å². The number of alkyl halides is 3. The summed E-state index contributed by atoms with van der Waals surface area (Å²) in [7, 11) is 3.03. The van der Waals surface area contributed by atoms with Gasteiger partial charge in [0.25, 0.3) is 5.91 Å². The van der Waals surface area contributed by atoms with Crippen LogP contribution in [0.1, 0.15) is 27.6 Å². The van der Waals surface area contributed by atoms with Crippen LogP contribution in [-0.4, -0.2) is 51.3 Å². The van der Waals surface area contributed by atoms with Gasteiger partial charge in [-0.15, -0.1) is 10.2 Å². The number of nitrogens with one attached hydrogen (secondary N) is 1. The second-order valence-electron chi connectivity index (χ2n) is 5.46. The number of amides is 1. The van der Waals surface area contributed by atoms with Crippen molar-refractivity contribution in [2.75, 3.05) is 5.32 Å². The summed E-state index contributed by atoms with van der Waals surface area (Å²) < 4.78 is 45.4. The Morgan fingerprint density at radius 1 is 1.18 bits per heavy atom. The lowest BCUT2D eigenvalue weighted by atomic mass is 10.1. The van der Waals surface area contributed by atoms with Crippen molar-refractivity contribution in [1.82, 2.24) is 45.4 Å². The van der Waals surface area contributed by atoms with Gasteiger partial charge in [0.05, 0.1) is 24.9 Å². The molecular formula is C13H13F3N10O2. The predicted octanol–water partition coefficient (Wildman–Crippen LogP) is 0.116. The molecule has 0 saturated carbocycles. The Labute approximate surface area is 154 Å². The Morgan fingerprint density at radius 3 is 2.57 bits per heavy atom. The van der Waals surface area contributed by atoms with Crippen molar-refractivity contribution < 1.29 is 22.7 Å². The van der Waals surface area contributed by atoms with Gasteiger partial charge in [-0.2, -0.15) is 18.0 Å². The van der Waals surface area contributed by atoms with E-state index >= 15 is 0 Å². The molecule has 15 heteroatoms. The molecule has 3 aromatic rings. The van der Waals surface area contributed by atoms with Crippen LogP contribution in [0.15, 0.2) is 12.1 Å². The molecule has 3 aromatic heterocycles. The lowest BCUT2D eigenvalue weighted by Crippen LogP contribution is -2.20. The molecule has 3 rings (SSSR count). The third-order valence-corrected chi connectivity index (χ3v) is 3.37. The molecule has 0 saturated heterocycles. The lowest BCUT2D eigenvalue weighted by Gasteiger charge is -2.12. The first-order valence-electron chi connectivity index (χ1n) is 7.65. The summed E-state index contributed by atoms with van der Waals surface area (Å²) >= 11 is 0. The molecule has 148 valence electrons. The number of aryl methyl sites for hydroxylation is 2. The van der Waals surface area contributed by atoms with E-state index in [-0.39, 0.29) is 36.2 Å². The van der Waals surface area contributed by atoms with Crippen molar-refractivity contribution in [2.24, 2.45) is 14.1 Å². The smallest absolute Gasteiger partial charge is 0.367 e. The molecule has 0 bridgehead atoms. The van der Waals surface area contributed by atoms with Crippen molar-refractivity contribution in [1.29, 1.82) is 0 Å². The molecule has 0 aliphatic carbocycles. The van der Waals surface area contributed by atoms with E-state index in [2.05, 4.69) is 41.2 Å². The van der Waals surface area contributed by atoms with Crippen molar-refractivity contribution in [2.45, 2.75) is 19.4 Å². The Morgan fingerprint density at radius 2 is 1.96 bits per heavy atom. The van der Waals surface area contributed by atoms with Crippen molar-refractivity contribution >= 4 is 11.9 Å². The molecule has 0 aromatic carbocycles. The number of rotatable bonds is 6. The van der Waals surface area contributed by atoms with Crippen LogP contribution in [0.5, 0.6) is 0 Å². The summed E-state index contributed by atoms with van der Waals surface area (Å²) in [6.07, 6.45) is -4.68. The quantitative estimate of drug-likeness (QED) is 0.613. The predicted molar refractivity (Wildman–Crippen MR) is 83.3 cm³/mol. The van der Waals surface area contributed by atoms with Gasteiger partial charge in [0.15, 0.2) is 5.82 Å². The van der Waals surface area contributed by atoms with Gasteiger partial charge >= 0.3 is 6.18 Å². The highest BCUT2D eigenvalue weighted by atomic mass is 19.4. The summed E-state index contributed by atoms with van der Waals surface area (Å²) in [5.74, 6) is -0.499. The van der Waals surface area contributed by atoms with Gasteiger partial charge in [0.2, 0.25) is 5.95 Å². The zero-order valence-electron chi connectivity index (χ0n) is 14.5. The molecule has 28 heavy (non-hydrogen) atoms. The van der Waals surface area contributed by atoms with Crippen LogP contribution in [0.25, 0.3) is 0 Å². The van der Waals surface area contributed by atoms with Crippen molar-refractivity contribution in [3.05, 3.63) is 34.9 Å². The highest BCUT2D eigenvalue weighted by Crippen LogP contribution is 2.28. The van der Waals surface area contributed by atoms with E-state index in [4.69, 9.17) is 4.74 Å². The van der Waals surface area contributed by atoms with E-state index in [0.717, 1.165) is 6.07 Å². The minimum atomic E-state index is -4.68. The highest BCUT2D eigenvalue weighted by Gasteiger charge is 2.33. The van der Waals surface area contributed by atoms with Crippen LogP contribution in [0.2, 0.25) is 0 Å². The Balaban J connectivity index is 1.81. The second kappa shape index (κ2) is 7.63. The van der Waals surface area contributed by atoms with Crippen LogP contribution in [0.3, 0.4) is 0 Å². The van der Waals surface area contributed by atoms with Gasteiger partial charge in [0, 0.05) is 7.05 Å². The number of hydrogen-bond donors (Lipinski definition) is 1. The maximum atomic E-state index is 13.0. The molecule has 3 heterocycles. The van der Waals surface area contributed by atoms with Crippen LogP contribution in [0, 0.1) is 0 Å². The Bertz CT molecular complexity index is 983. The number of aromatic nitrogens is 9. The minimum Gasteiger partial charge on any atom is -0.367 e. The molecule has 12 nitrogen and oxygen atoms in total. The topological polar surface area (TPSA) is 138 Å². The summed E-state index contributed by atoms with van der Waals surface area (Å²) in [6, 6.07) is 1.71. The third kappa shape index (κ3) is 4.43. The SMILES string of the molecule is Cn1nnc(COCc2nc(C(F)(F)F)ccc2C(=O)Nc2nnnn2C)n1. The first-order valence-corrected chi connectivity index (χ1v) is 7.65. The van der Waals surface area contributed by atoms with Crippen molar-refractivity contribution in [3.63, 3.8) is 0 Å². The monoisotopic (exact) mass is 398 g/mol. The first kappa shape index (κ1) is 19.3. The molecule has 0 spiro atoms.